The minimum atomic E-state index is 0.518. The van der Waals surface area contributed by atoms with Gasteiger partial charge in [0, 0.05) is 7.11 Å². The lowest BCUT2D eigenvalue weighted by atomic mass is 9.44. The normalized spacial score (nSPS) is 52.7. The lowest BCUT2D eigenvalue weighted by Crippen LogP contribution is -2.55. The minimum absolute atomic E-state index is 0.518. The zero-order valence-corrected chi connectivity index (χ0v) is 16.4. The monoisotopic (exact) mass is 330 g/mol. The van der Waals surface area contributed by atoms with Crippen molar-refractivity contribution in [3.63, 3.8) is 0 Å². The first-order chi connectivity index (χ1) is 11.5. The van der Waals surface area contributed by atoms with Crippen molar-refractivity contribution in [2.75, 3.05) is 13.7 Å². The molecule has 4 saturated carbocycles. The third-order valence-electron chi connectivity index (χ3n) is 9.24. The highest BCUT2D eigenvalue weighted by atomic mass is 16.5. The van der Waals surface area contributed by atoms with Crippen LogP contribution in [0.3, 0.4) is 0 Å². The molecule has 4 aliphatic rings. The van der Waals surface area contributed by atoms with Crippen molar-refractivity contribution in [3.8, 4) is 0 Å². The fourth-order valence-corrected chi connectivity index (χ4v) is 8.14. The Morgan fingerprint density at radius 1 is 1.08 bits per heavy atom. The van der Waals surface area contributed by atoms with Crippen LogP contribution in [0.1, 0.15) is 78.6 Å². The van der Waals surface area contributed by atoms with Crippen LogP contribution in [0.15, 0.2) is 11.6 Å². The molecule has 7 atom stereocenters. The van der Waals surface area contributed by atoms with E-state index in [0.717, 1.165) is 36.2 Å². The zero-order valence-electron chi connectivity index (χ0n) is 16.4. The summed E-state index contributed by atoms with van der Waals surface area (Å²) in [5.41, 5.74) is 2.83. The molecule has 1 heteroatoms. The van der Waals surface area contributed by atoms with Gasteiger partial charge in [-0.05, 0) is 98.7 Å². The van der Waals surface area contributed by atoms with Crippen LogP contribution in [0, 0.1) is 40.4 Å². The van der Waals surface area contributed by atoms with E-state index < -0.39 is 0 Å². The zero-order chi connectivity index (χ0) is 16.9. The second kappa shape index (κ2) is 6.15. The van der Waals surface area contributed by atoms with Crippen LogP contribution in [0.25, 0.3) is 0 Å². The molecule has 0 spiro atoms. The van der Waals surface area contributed by atoms with Gasteiger partial charge in [0.2, 0.25) is 0 Å². The van der Waals surface area contributed by atoms with E-state index in [1.54, 1.807) is 5.57 Å². The quantitative estimate of drug-likeness (QED) is 0.545. The van der Waals surface area contributed by atoms with Gasteiger partial charge in [0.05, 0.1) is 6.61 Å². The largest absolute Gasteiger partial charge is 0.384 e. The van der Waals surface area contributed by atoms with Crippen LogP contribution in [0.4, 0.5) is 0 Å². The average molecular weight is 331 g/mol. The number of allylic oxidation sites excluding steroid dienone is 2. The van der Waals surface area contributed by atoms with Crippen LogP contribution in [-0.2, 0) is 4.74 Å². The van der Waals surface area contributed by atoms with E-state index in [0.29, 0.717) is 10.8 Å². The molecule has 0 aromatic rings. The predicted molar refractivity (Wildman–Crippen MR) is 101 cm³/mol. The summed E-state index contributed by atoms with van der Waals surface area (Å²) in [7, 11) is 1.95. The van der Waals surface area contributed by atoms with Gasteiger partial charge < -0.3 is 4.74 Å². The summed E-state index contributed by atoms with van der Waals surface area (Å²) in [6, 6.07) is 0. The molecule has 0 bridgehead atoms. The highest BCUT2D eigenvalue weighted by molar-refractivity contribution is 5.23. The second-order valence-corrected chi connectivity index (χ2v) is 10.0. The van der Waals surface area contributed by atoms with Crippen molar-refractivity contribution in [2.24, 2.45) is 40.4 Å². The van der Waals surface area contributed by atoms with Gasteiger partial charge in [-0.2, -0.15) is 0 Å². The molecule has 4 fully saturated rings. The fourth-order valence-electron chi connectivity index (χ4n) is 8.14. The predicted octanol–water partition coefficient (Wildman–Crippen LogP) is 6.24. The Morgan fingerprint density at radius 3 is 2.67 bits per heavy atom. The van der Waals surface area contributed by atoms with E-state index >= 15 is 0 Å². The molecule has 0 aromatic carbocycles. The third-order valence-corrected chi connectivity index (χ3v) is 9.24. The summed E-state index contributed by atoms with van der Waals surface area (Å²) in [5.74, 6) is 4.75. The van der Waals surface area contributed by atoms with E-state index in [1.165, 1.54) is 57.8 Å². The van der Waals surface area contributed by atoms with Crippen LogP contribution in [0.2, 0.25) is 0 Å². The van der Waals surface area contributed by atoms with Crippen LogP contribution in [-0.4, -0.2) is 13.7 Å². The number of hydrogen-bond acceptors (Lipinski definition) is 1. The van der Waals surface area contributed by atoms with Crippen molar-refractivity contribution in [2.45, 2.75) is 78.6 Å². The maximum absolute atomic E-state index is 5.89. The SMILES string of the molecule is C/C=C1/CCC2C3CCC4CC(C)CCC4(COC)C3CCC12C. The van der Waals surface area contributed by atoms with E-state index in [1.807, 2.05) is 7.11 Å². The lowest BCUT2D eigenvalue weighted by molar-refractivity contribution is -0.142. The summed E-state index contributed by atoms with van der Waals surface area (Å²) in [6.45, 7) is 8.40. The second-order valence-electron chi connectivity index (χ2n) is 10.0. The van der Waals surface area contributed by atoms with Crippen molar-refractivity contribution in [1.29, 1.82) is 0 Å². The number of fused-ring (bicyclic) bond motifs is 5. The molecule has 24 heavy (non-hydrogen) atoms. The summed E-state index contributed by atoms with van der Waals surface area (Å²) in [6.07, 6.45) is 15.5. The van der Waals surface area contributed by atoms with Gasteiger partial charge >= 0.3 is 0 Å². The minimum Gasteiger partial charge on any atom is -0.384 e. The van der Waals surface area contributed by atoms with Crippen LogP contribution < -0.4 is 0 Å². The van der Waals surface area contributed by atoms with Crippen molar-refractivity contribution >= 4 is 0 Å². The Balaban J connectivity index is 1.66. The fraction of sp³-hybridized carbons (Fsp3) is 0.913. The Kier molecular flexibility index (Phi) is 4.39. The summed E-state index contributed by atoms with van der Waals surface area (Å²) in [5, 5.41) is 0. The van der Waals surface area contributed by atoms with Crippen LogP contribution in [0.5, 0.6) is 0 Å². The van der Waals surface area contributed by atoms with Gasteiger partial charge in [0.15, 0.2) is 0 Å². The molecular formula is C23H38O. The maximum Gasteiger partial charge on any atom is 0.0524 e. The molecule has 0 radical (unpaired) electrons. The molecule has 4 aliphatic carbocycles. The molecule has 0 aromatic heterocycles. The first kappa shape index (κ1) is 17.1. The number of methoxy groups -OCH3 is 1. The summed E-state index contributed by atoms with van der Waals surface area (Å²) < 4.78 is 5.89. The van der Waals surface area contributed by atoms with Crippen molar-refractivity contribution in [3.05, 3.63) is 11.6 Å². The Morgan fingerprint density at radius 2 is 1.92 bits per heavy atom. The summed E-state index contributed by atoms with van der Waals surface area (Å²) in [4.78, 5) is 0. The average Bonchev–Trinajstić information content (AvgIpc) is 2.92. The third kappa shape index (κ3) is 2.29. The van der Waals surface area contributed by atoms with Gasteiger partial charge in [-0.15, -0.1) is 0 Å². The van der Waals surface area contributed by atoms with Gasteiger partial charge in [-0.3, -0.25) is 0 Å². The van der Waals surface area contributed by atoms with Gasteiger partial charge in [0.25, 0.3) is 0 Å². The van der Waals surface area contributed by atoms with E-state index in [-0.39, 0.29) is 0 Å². The van der Waals surface area contributed by atoms with Gasteiger partial charge in [0.1, 0.15) is 0 Å². The Hall–Kier alpha value is -0.300. The lowest BCUT2D eigenvalue weighted by Gasteiger charge is -2.61. The summed E-state index contributed by atoms with van der Waals surface area (Å²) >= 11 is 0. The highest BCUT2D eigenvalue weighted by Crippen LogP contribution is 2.67. The smallest absolute Gasteiger partial charge is 0.0524 e. The molecule has 0 amide bonds. The van der Waals surface area contributed by atoms with Crippen molar-refractivity contribution < 1.29 is 4.74 Å². The molecule has 0 N–H and O–H groups in total. The van der Waals surface area contributed by atoms with E-state index in [9.17, 15) is 0 Å². The van der Waals surface area contributed by atoms with Gasteiger partial charge in [-0.1, -0.05) is 31.9 Å². The topological polar surface area (TPSA) is 9.23 Å². The number of rotatable bonds is 2. The molecular weight excluding hydrogens is 292 g/mol. The van der Waals surface area contributed by atoms with Crippen molar-refractivity contribution in [1.82, 2.24) is 0 Å². The molecule has 4 rings (SSSR count). The Bertz CT molecular complexity index is 508. The van der Waals surface area contributed by atoms with Gasteiger partial charge in [-0.25, -0.2) is 0 Å². The van der Waals surface area contributed by atoms with E-state index in [2.05, 4.69) is 26.8 Å². The maximum atomic E-state index is 5.89. The highest BCUT2D eigenvalue weighted by Gasteiger charge is 2.60. The first-order valence-electron chi connectivity index (χ1n) is 10.7. The molecule has 0 heterocycles. The number of ether oxygens (including phenoxy) is 1. The van der Waals surface area contributed by atoms with E-state index in [4.69, 9.17) is 4.74 Å². The molecule has 0 aliphatic heterocycles. The number of hydrogen-bond donors (Lipinski definition) is 0. The molecule has 0 saturated heterocycles. The van der Waals surface area contributed by atoms with Crippen LogP contribution >= 0.6 is 0 Å². The Labute approximate surface area is 149 Å². The standard InChI is InChI=1S/C23H38O/c1-5-17-7-9-20-19-8-6-18-14-16(2)10-13-23(18,15-24-4)21(19)11-12-22(17,20)3/h5,16,18-21H,6-15H2,1-4H3/b17-5-. The molecule has 1 nitrogen and oxygen atoms in total. The molecule has 136 valence electrons. The first-order valence-corrected chi connectivity index (χ1v) is 10.7. The molecule has 7 unspecified atom stereocenters.